The van der Waals surface area contributed by atoms with E-state index >= 15 is 0 Å². The minimum absolute atomic E-state index is 0.122. The number of halogens is 3. The van der Waals surface area contributed by atoms with Crippen LogP contribution in [0, 0.1) is 5.82 Å². The van der Waals surface area contributed by atoms with Crippen molar-refractivity contribution in [3.63, 3.8) is 0 Å². The molecule has 3 nitrogen and oxygen atoms in total. The molecule has 0 spiro atoms. The third-order valence-corrected chi connectivity index (χ3v) is 1.60. The molecule has 0 saturated heterocycles. The first-order chi connectivity index (χ1) is 7.00. The number of hydrogen-bond acceptors (Lipinski definition) is 2. The first kappa shape index (κ1) is 11.4. The Morgan fingerprint density at radius 2 is 2.13 bits per heavy atom. The minimum Gasteiger partial charge on any atom is -0.481 e. The zero-order valence-corrected chi connectivity index (χ0v) is 7.41. The minimum atomic E-state index is -3.19. The molecule has 0 unspecified atom stereocenters. The Morgan fingerprint density at radius 3 is 2.67 bits per heavy atom. The smallest absolute Gasteiger partial charge is 0.387 e. The third kappa shape index (κ3) is 3.16. The third-order valence-electron chi connectivity index (χ3n) is 1.60. The fourth-order valence-electron chi connectivity index (χ4n) is 1.08. The van der Waals surface area contributed by atoms with Crippen molar-refractivity contribution in [3.05, 3.63) is 29.6 Å². The maximum atomic E-state index is 13.0. The SMILES string of the molecule is O=C(O)Cc1cccc(F)c1OC(F)F. The summed E-state index contributed by atoms with van der Waals surface area (Å²) in [6.07, 6.45) is -0.570. The lowest BCUT2D eigenvalue weighted by molar-refractivity contribution is -0.136. The molecule has 15 heavy (non-hydrogen) atoms. The molecule has 0 heterocycles. The van der Waals surface area contributed by atoms with Crippen molar-refractivity contribution in [1.29, 1.82) is 0 Å². The predicted octanol–water partition coefficient (Wildman–Crippen LogP) is 2.05. The van der Waals surface area contributed by atoms with E-state index in [1.165, 1.54) is 12.1 Å². The van der Waals surface area contributed by atoms with Crippen molar-refractivity contribution in [1.82, 2.24) is 0 Å². The number of para-hydroxylation sites is 1. The topological polar surface area (TPSA) is 46.5 Å². The summed E-state index contributed by atoms with van der Waals surface area (Å²) < 4.78 is 40.7. The fourth-order valence-corrected chi connectivity index (χ4v) is 1.08. The van der Waals surface area contributed by atoms with Gasteiger partial charge in [-0.05, 0) is 6.07 Å². The van der Waals surface area contributed by atoms with Gasteiger partial charge in [0.1, 0.15) is 0 Å². The van der Waals surface area contributed by atoms with Crippen molar-refractivity contribution in [2.45, 2.75) is 13.0 Å². The van der Waals surface area contributed by atoms with Crippen molar-refractivity contribution in [3.8, 4) is 5.75 Å². The number of aliphatic carboxylic acids is 1. The molecule has 0 amide bonds. The van der Waals surface area contributed by atoms with Crippen LogP contribution in [0.15, 0.2) is 18.2 Å². The van der Waals surface area contributed by atoms with Crippen LogP contribution in [0.3, 0.4) is 0 Å². The maximum Gasteiger partial charge on any atom is 0.387 e. The second kappa shape index (κ2) is 4.68. The van der Waals surface area contributed by atoms with Gasteiger partial charge in [0.15, 0.2) is 11.6 Å². The van der Waals surface area contributed by atoms with Crippen LogP contribution in [0.2, 0.25) is 0 Å². The summed E-state index contributed by atoms with van der Waals surface area (Å²) in [6.45, 7) is -3.19. The number of carboxylic acids is 1. The van der Waals surface area contributed by atoms with E-state index in [4.69, 9.17) is 5.11 Å². The highest BCUT2D eigenvalue weighted by Crippen LogP contribution is 2.24. The number of alkyl halides is 2. The number of benzene rings is 1. The highest BCUT2D eigenvalue weighted by Gasteiger charge is 2.16. The van der Waals surface area contributed by atoms with E-state index in [2.05, 4.69) is 4.74 Å². The number of rotatable bonds is 4. The monoisotopic (exact) mass is 220 g/mol. The molecule has 0 radical (unpaired) electrons. The highest BCUT2D eigenvalue weighted by atomic mass is 19.3. The molecule has 1 aromatic carbocycles. The van der Waals surface area contributed by atoms with Crippen LogP contribution < -0.4 is 4.74 Å². The summed E-state index contributed by atoms with van der Waals surface area (Å²) in [5.41, 5.74) is -0.122. The zero-order valence-electron chi connectivity index (χ0n) is 7.41. The molecule has 82 valence electrons. The lowest BCUT2D eigenvalue weighted by atomic mass is 10.1. The van der Waals surface area contributed by atoms with Crippen LogP contribution in [-0.2, 0) is 11.2 Å². The number of carboxylic acid groups (broad SMARTS) is 1. The molecule has 1 aromatic rings. The lowest BCUT2D eigenvalue weighted by Crippen LogP contribution is -2.09. The van der Waals surface area contributed by atoms with E-state index in [1.54, 1.807) is 0 Å². The summed E-state index contributed by atoms with van der Waals surface area (Å²) in [7, 11) is 0. The highest BCUT2D eigenvalue weighted by molar-refractivity contribution is 5.71. The maximum absolute atomic E-state index is 13.0. The van der Waals surface area contributed by atoms with Crippen molar-refractivity contribution >= 4 is 5.97 Å². The molecule has 0 aliphatic carbocycles. The molecule has 0 aliphatic heterocycles. The summed E-state index contributed by atoms with van der Waals surface area (Å²) in [5.74, 6) is -2.97. The number of ether oxygens (including phenoxy) is 1. The van der Waals surface area contributed by atoms with E-state index in [-0.39, 0.29) is 5.56 Å². The predicted molar refractivity (Wildman–Crippen MR) is 44.4 cm³/mol. The van der Waals surface area contributed by atoms with Crippen LogP contribution in [0.25, 0.3) is 0 Å². The van der Waals surface area contributed by atoms with E-state index in [1.807, 2.05) is 0 Å². The molecule has 0 saturated carbocycles. The molecule has 1 rings (SSSR count). The standard InChI is InChI=1S/C9H7F3O3/c10-6-3-1-2-5(4-7(13)14)8(6)15-9(11)12/h1-3,9H,4H2,(H,13,14). The van der Waals surface area contributed by atoms with Crippen LogP contribution in [-0.4, -0.2) is 17.7 Å². The van der Waals surface area contributed by atoms with Gasteiger partial charge < -0.3 is 9.84 Å². The van der Waals surface area contributed by atoms with E-state index in [0.717, 1.165) is 6.07 Å². The Bertz CT molecular complexity index is 366. The molecule has 0 aliphatic rings. The Kier molecular flexibility index (Phi) is 3.54. The van der Waals surface area contributed by atoms with Gasteiger partial charge in [-0.25, -0.2) is 4.39 Å². The Hall–Kier alpha value is -1.72. The Morgan fingerprint density at radius 1 is 1.47 bits per heavy atom. The molecule has 0 bridgehead atoms. The number of hydrogen-bond donors (Lipinski definition) is 1. The van der Waals surface area contributed by atoms with Gasteiger partial charge in [0, 0.05) is 5.56 Å². The van der Waals surface area contributed by atoms with Gasteiger partial charge in [-0.15, -0.1) is 0 Å². The van der Waals surface area contributed by atoms with Crippen molar-refractivity contribution in [2.24, 2.45) is 0 Å². The number of carbonyl (C=O) groups is 1. The van der Waals surface area contributed by atoms with Crippen molar-refractivity contribution < 1.29 is 27.8 Å². The fraction of sp³-hybridized carbons (Fsp3) is 0.222. The van der Waals surface area contributed by atoms with Gasteiger partial charge in [-0.3, -0.25) is 4.79 Å². The molecule has 0 atom stereocenters. The summed E-state index contributed by atoms with van der Waals surface area (Å²) in [5, 5.41) is 8.45. The second-order valence-corrected chi connectivity index (χ2v) is 2.68. The summed E-state index contributed by atoms with van der Waals surface area (Å²) in [4.78, 5) is 10.4. The van der Waals surface area contributed by atoms with E-state index < -0.39 is 30.6 Å². The largest absolute Gasteiger partial charge is 0.481 e. The van der Waals surface area contributed by atoms with E-state index in [9.17, 15) is 18.0 Å². The Labute approximate surface area is 83.1 Å². The van der Waals surface area contributed by atoms with Gasteiger partial charge >= 0.3 is 12.6 Å². The van der Waals surface area contributed by atoms with Gasteiger partial charge in [-0.1, -0.05) is 12.1 Å². The molecular weight excluding hydrogens is 213 g/mol. The van der Waals surface area contributed by atoms with Gasteiger partial charge in [-0.2, -0.15) is 8.78 Å². The van der Waals surface area contributed by atoms with Gasteiger partial charge in [0.2, 0.25) is 0 Å². The van der Waals surface area contributed by atoms with Gasteiger partial charge in [0.05, 0.1) is 6.42 Å². The average molecular weight is 220 g/mol. The molecular formula is C9H7F3O3. The molecule has 6 heteroatoms. The molecule has 1 N–H and O–H groups in total. The van der Waals surface area contributed by atoms with Crippen molar-refractivity contribution in [2.75, 3.05) is 0 Å². The summed E-state index contributed by atoms with van der Waals surface area (Å²) in [6, 6.07) is 3.36. The quantitative estimate of drug-likeness (QED) is 0.844. The zero-order chi connectivity index (χ0) is 11.4. The second-order valence-electron chi connectivity index (χ2n) is 2.68. The Balaban J connectivity index is 3.02. The van der Waals surface area contributed by atoms with Crippen LogP contribution >= 0.6 is 0 Å². The van der Waals surface area contributed by atoms with E-state index in [0.29, 0.717) is 0 Å². The van der Waals surface area contributed by atoms with Crippen LogP contribution in [0.1, 0.15) is 5.56 Å². The first-order valence-electron chi connectivity index (χ1n) is 3.94. The normalized spacial score (nSPS) is 10.4. The van der Waals surface area contributed by atoms with Gasteiger partial charge in [0.25, 0.3) is 0 Å². The first-order valence-corrected chi connectivity index (χ1v) is 3.94. The van der Waals surface area contributed by atoms with Crippen LogP contribution in [0.4, 0.5) is 13.2 Å². The summed E-state index contributed by atoms with van der Waals surface area (Å²) >= 11 is 0. The lowest BCUT2D eigenvalue weighted by Gasteiger charge is -2.09. The molecule has 0 aromatic heterocycles. The molecule has 0 fully saturated rings. The average Bonchev–Trinajstić information content (AvgIpc) is 2.09. The van der Waals surface area contributed by atoms with Crippen LogP contribution in [0.5, 0.6) is 5.75 Å².